The van der Waals surface area contributed by atoms with Gasteiger partial charge in [0.2, 0.25) is 5.75 Å². The molecule has 0 heterocycles. The van der Waals surface area contributed by atoms with E-state index in [2.05, 4.69) is 5.32 Å². The van der Waals surface area contributed by atoms with Gasteiger partial charge in [0.25, 0.3) is 11.7 Å². The van der Waals surface area contributed by atoms with Crippen LogP contribution in [0.25, 0.3) is 6.08 Å². The fourth-order valence-electron chi connectivity index (χ4n) is 1.97. The van der Waals surface area contributed by atoms with E-state index in [1.54, 1.807) is 42.5 Å². The van der Waals surface area contributed by atoms with Gasteiger partial charge in [-0.05, 0) is 41.5 Å². The number of amides is 1. The van der Waals surface area contributed by atoms with Crippen LogP contribution in [0.1, 0.15) is 11.1 Å². The zero-order chi connectivity index (χ0) is 18.2. The molecule has 0 saturated heterocycles. The van der Waals surface area contributed by atoms with Crippen LogP contribution in [0.15, 0.2) is 60.2 Å². The topological polar surface area (TPSA) is 116 Å². The molecule has 5 N–H and O–H groups in total. The van der Waals surface area contributed by atoms with Crippen molar-refractivity contribution in [3.05, 3.63) is 71.3 Å². The van der Waals surface area contributed by atoms with Crippen molar-refractivity contribution < 1.29 is 20.1 Å². The summed E-state index contributed by atoms with van der Waals surface area (Å²) in [6.45, 7) is 0.132. The second-order valence-corrected chi connectivity index (χ2v) is 5.18. The first kappa shape index (κ1) is 17.6. The van der Waals surface area contributed by atoms with Gasteiger partial charge in [0, 0.05) is 12.6 Å². The molecule has 0 spiro atoms. The summed E-state index contributed by atoms with van der Waals surface area (Å²) < 4.78 is 0. The molecule has 0 bridgehead atoms. The van der Waals surface area contributed by atoms with Crippen LogP contribution in [0.4, 0.5) is 0 Å². The Hall–Kier alpha value is -3.72. The number of rotatable bonds is 5. The number of carbonyl (C=O) groups excluding carboxylic acids is 1. The predicted octanol–water partition coefficient (Wildman–Crippen LogP) is 2.32. The Morgan fingerprint density at radius 2 is 1.92 bits per heavy atom. The van der Waals surface area contributed by atoms with Crippen molar-refractivity contribution in [3.63, 3.8) is 0 Å². The van der Waals surface area contributed by atoms with Gasteiger partial charge in [-0.1, -0.05) is 24.3 Å². The molecule has 0 aromatic heterocycles. The van der Waals surface area contributed by atoms with Crippen molar-refractivity contribution in [2.75, 3.05) is 0 Å². The van der Waals surface area contributed by atoms with E-state index in [1.807, 2.05) is 6.07 Å². The Morgan fingerprint density at radius 1 is 1.20 bits per heavy atom. The molecule has 6 nitrogen and oxygen atoms in total. The third-order valence-corrected chi connectivity index (χ3v) is 3.32. The van der Waals surface area contributed by atoms with Gasteiger partial charge in [0.05, 0.1) is 0 Å². The van der Waals surface area contributed by atoms with E-state index in [4.69, 9.17) is 10.4 Å². The van der Waals surface area contributed by atoms with Crippen LogP contribution in [-0.4, -0.2) is 21.2 Å². The second-order valence-electron chi connectivity index (χ2n) is 5.18. The van der Waals surface area contributed by atoms with E-state index in [1.165, 1.54) is 18.2 Å². The first-order valence-electron chi connectivity index (χ1n) is 7.39. The lowest BCUT2D eigenvalue weighted by Crippen LogP contribution is -2.23. The number of carbonyl (C=O) groups is 1. The van der Waals surface area contributed by atoms with E-state index in [0.717, 1.165) is 5.56 Å². The summed E-state index contributed by atoms with van der Waals surface area (Å²) in [6, 6.07) is 12.8. The van der Waals surface area contributed by atoms with Crippen molar-refractivity contribution in [1.29, 1.82) is 5.26 Å². The van der Waals surface area contributed by atoms with E-state index >= 15 is 0 Å². The summed E-state index contributed by atoms with van der Waals surface area (Å²) in [6.07, 6.45) is 4.67. The van der Waals surface area contributed by atoms with Crippen LogP contribution in [0.3, 0.4) is 0 Å². The van der Waals surface area contributed by atoms with Crippen LogP contribution in [-0.2, 0) is 11.3 Å². The summed E-state index contributed by atoms with van der Waals surface area (Å²) in [5.74, 6) is -0.534. The number of nitrogens with one attached hydrogen (secondary N) is 1. The lowest BCUT2D eigenvalue weighted by atomic mass is 10.1. The van der Waals surface area contributed by atoms with Crippen molar-refractivity contribution in [3.8, 4) is 23.3 Å². The van der Waals surface area contributed by atoms with E-state index < -0.39 is 5.91 Å². The molecule has 0 unspecified atom stereocenters. The zero-order valence-corrected chi connectivity index (χ0v) is 13.2. The fraction of sp³-hybridized carbons (Fsp3) is 0.0526. The highest BCUT2D eigenvalue weighted by Gasteiger charge is 2.09. The largest absolute Gasteiger partial charge is 0.591 e. The molecule has 126 valence electrons. The molecule has 0 aliphatic rings. The van der Waals surface area contributed by atoms with Crippen molar-refractivity contribution in [2.24, 2.45) is 0 Å². The van der Waals surface area contributed by atoms with Gasteiger partial charge in [0.15, 0.2) is 0 Å². The SMILES string of the molecule is N#C/C(=C\C=C\c1ccc(O)cc1)C(=O)NCc1ccc([OH2+])c(O)c1. The van der Waals surface area contributed by atoms with Gasteiger partial charge in [-0.25, -0.2) is 0 Å². The third kappa shape index (κ3) is 5.15. The molecule has 25 heavy (non-hydrogen) atoms. The Balaban J connectivity index is 1.98. The number of allylic oxidation sites excluding steroid dienone is 2. The number of nitrogens with zero attached hydrogens (tertiary/aromatic N) is 1. The molecule has 0 atom stereocenters. The molecule has 6 heteroatoms. The van der Waals surface area contributed by atoms with Crippen LogP contribution in [0, 0.1) is 11.3 Å². The molecule has 2 aromatic rings. The molecule has 1 amide bonds. The minimum Gasteiger partial charge on any atom is -0.591 e. The summed E-state index contributed by atoms with van der Waals surface area (Å²) >= 11 is 0. The first-order valence-corrected chi connectivity index (χ1v) is 7.39. The Kier molecular flexibility index (Phi) is 5.80. The quantitative estimate of drug-likeness (QED) is 0.336. The van der Waals surface area contributed by atoms with Crippen molar-refractivity contribution >= 4 is 12.0 Å². The lowest BCUT2D eigenvalue weighted by molar-refractivity contribution is -0.117. The highest BCUT2D eigenvalue weighted by atomic mass is 16.3. The number of hydrogen-bond donors (Lipinski definition) is 3. The lowest BCUT2D eigenvalue weighted by Gasteiger charge is -2.04. The van der Waals surface area contributed by atoms with Gasteiger partial charge in [-0.3, -0.25) is 4.79 Å². The summed E-state index contributed by atoms with van der Waals surface area (Å²) in [7, 11) is 0. The minimum absolute atomic E-state index is 0.00653. The van der Waals surface area contributed by atoms with E-state index in [-0.39, 0.29) is 29.4 Å². The molecular formula is C19H17N2O4+. The highest BCUT2D eigenvalue weighted by molar-refractivity contribution is 5.97. The summed E-state index contributed by atoms with van der Waals surface area (Å²) in [5.41, 5.74) is 1.38. The van der Waals surface area contributed by atoms with Gasteiger partial charge < -0.3 is 20.6 Å². The van der Waals surface area contributed by atoms with Crippen LogP contribution >= 0.6 is 0 Å². The Bertz CT molecular complexity index is 862. The number of phenolic OH excluding ortho intramolecular Hbond substituents is 2. The maximum atomic E-state index is 12.0. The standard InChI is InChI=1S/C19H16N2O4/c20-11-15(3-1-2-13-4-7-16(22)8-5-13)19(25)21-12-14-6-9-17(23)18(24)10-14/h1-10,22-24H,12H2,(H,21,25)/p+1/b2-1+,15-3+. The van der Waals surface area contributed by atoms with Crippen LogP contribution in [0.2, 0.25) is 0 Å². The van der Waals surface area contributed by atoms with Gasteiger partial charge in [0.1, 0.15) is 17.4 Å². The predicted molar refractivity (Wildman–Crippen MR) is 93.9 cm³/mol. The monoisotopic (exact) mass is 337 g/mol. The van der Waals surface area contributed by atoms with E-state index in [9.17, 15) is 15.0 Å². The Morgan fingerprint density at radius 3 is 2.56 bits per heavy atom. The van der Waals surface area contributed by atoms with Crippen molar-refractivity contribution in [1.82, 2.24) is 5.32 Å². The summed E-state index contributed by atoms with van der Waals surface area (Å²) in [4.78, 5) is 12.0. The Labute approximate surface area is 144 Å². The molecule has 0 saturated carbocycles. The average molecular weight is 337 g/mol. The van der Waals surface area contributed by atoms with E-state index in [0.29, 0.717) is 5.56 Å². The third-order valence-electron chi connectivity index (χ3n) is 3.32. The van der Waals surface area contributed by atoms with Gasteiger partial charge >= 0.3 is 0 Å². The molecule has 0 radical (unpaired) electrons. The number of phenols is 2. The smallest absolute Gasteiger partial charge is 0.296 e. The number of benzene rings is 2. The average Bonchev–Trinajstić information content (AvgIpc) is 2.61. The molecular weight excluding hydrogens is 320 g/mol. The van der Waals surface area contributed by atoms with Gasteiger partial charge in [-0.2, -0.15) is 5.26 Å². The van der Waals surface area contributed by atoms with Crippen LogP contribution < -0.4 is 5.32 Å². The van der Waals surface area contributed by atoms with Crippen LogP contribution in [0.5, 0.6) is 17.2 Å². The second kappa shape index (κ2) is 8.22. The molecule has 0 fully saturated rings. The molecule has 2 aromatic carbocycles. The number of nitriles is 1. The molecule has 2 rings (SSSR count). The fourth-order valence-corrected chi connectivity index (χ4v) is 1.97. The molecule has 0 aliphatic heterocycles. The summed E-state index contributed by atoms with van der Waals surface area (Å²) in [5, 5.41) is 37.7. The minimum atomic E-state index is -0.535. The normalized spacial score (nSPS) is 11.2. The van der Waals surface area contributed by atoms with Crippen molar-refractivity contribution in [2.45, 2.75) is 6.54 Å². The maximum Gasteiger partial charge on any atom is 0.296 e. The first-order chi connectivity index (χ1) is 12.0. The number of hydrogen-bond acceptors (Lipinski definition) is 4. The maximum absolute atomic E-state index is 12.0. The molecule has 0 aliphatic carbocycles. The number of aromatic hydroxyl groups is 2. The zero-order valence-electron chi connectivity index (χ0n) is 13.2. The highest BCUT2D eigenvalue weighted by Crippen LogP contribution is 2.24. The van der Waals surface area contributed by atoms with Gasteiger partial charge in [-0.15, -0.1) is 0 Å².